The molecule has 3 aromatic rings. The summed E-state index contributed by atoms with van der Waals surface area (Å²) in [5.74, 6) is 0.549. The molecule has 0 aliphatic carbocycles. The van der Waals surface area contributed by atoms with Crippen molar-refractivity contribution in [3.8, 4) is 11.4 Å². The Hall–Kier alpha value is -2.56. The van der Waals surface area contributed by atoms with Crippen LogP contribution in [-0.4, -0.2) is 19.9 Å². The van der Waals surface area contributed by atoms with E-state index in [1.165, 1.54) is 12.3 Å². The number of aromatic nitrogens is 4. The van der Waals surface area contributed by atoms with Crippen LogP contribution in [0, 0.1) is 0 Å². The number of H-pyrrole nitrogens is 1. The van der Waals surface area contributed by atoms with Crippen LogP contribution in [0.1, 0.15) is 0 Å². The van der Waals surface area contributed by atoms with Gasteiger partial charge in [0.15, 0.2) is 11.3 Å². The van der Waals surface area contributed by atoms with E-state index in [1.54, 1.807) is 18.6 Å². The summed E-state index contributed by atoms with van der Waals surface area (Å²) in [6, 6.07) is 5.14. The number of hydrogen-bond acceptors (Lipinski definition) is 4. The molecule has 17 heavy (non-hydrogen) atoms. The molecular formula is C12H8N4O. The lowest BCUT2D eigenvalue weighted by Crippen LogP contribution is -2.03. The van der Waals surface area contributed by atoms with Crippen LogP contribution in [0.15, 0.2) is 47.8 Å². The van der Waals surface area contributed by atoms with Crippen LogP contribution in [0.4, 0.5) is 0 Å². The SMILES string of the molecule is O=c1cc[nH]c2nc(-c3cccnc3)ncc12. The number of hydrogen-bond donors (Lipinski definition) is 1. The van der Waals surface area contributed by atoms with Gasteiger partial charge in [-0.3, -0.25) is 9.78 Å². The normalized spacial score (nSPS) is 10.6. The van der Waals surface area contributed by atoms with E-state index in [0.717, 1.165) is 5.56 Å². The molecule has 0 unspecified atom stereocenters. The van der Waals surface area contributed by atoms with E-state index in [1.807, 2.05) is 12.1 Å². The molecule has 0 aliphatic rings. The van der Waals surface area contributed by atoms with Gasteiger partial charge in [-0.05, 0) is 12.1 Å². The minimum absolute atomic E-state index is 0.0866. The van der Waals surface area contributed by atoms with Gasteiger partial charge in [-0.15, -0.1) is 0 Å². The summed E-state index contributed by atoms with van der Waals surface area (Å²) in [6.45, 7) is 0. The summed E-state index contributed by atoms with van der Waals surface area (Å²) in [4.78, 5) is 26.9. The van der Waals surface area contributed by atoms with Crippen molar-refractivity contribution >= 4 is 11.0 Å². The minimum Gasteiger partial charge on any atom is -0.346 e. The van der Waals surface area contributed by atoms with Gasteiger partial charge in [0.1, 0.15) is 5.65 Å². The van der Waals surface area contributed by atoms with Crippen LogP contribution in [0.2, 0.25) is 0 Å². The van der Waals surface area contributed by atoms with Gasteiger partial charge in [0, 0.05) is 36.4 Å². The molecule has 3 aromatic heterocycles. The van der Waals surface area contributed by atoms with E-state index >= 15 is 0 Å². The highest BCUT2D eigenvalue weighted by atomic mass is 16.1. The maximum Gasteiger partial charge on any atom is 0.192 e. The van der Waals surface area contributed by atoms with Crippen LogP contribution in [-0.2, 0) is 0 Å². The number of nitrogens with zero attached hydrogens (tertiary/aromatic N) is 3. The maximum absolute atomic E-state index is 11.5. The van der Waals surface area contributed by atoms with Crippen molar-refractivity contribution in [2.75, 3.05) is 0 Å². The van der Waals surface area contributed by atoms with Gasteiger partial charge < -0.3 is 4.98 Å². The van der Waals surface area contributed by atoms with Gasteiger partial charge >= 0.3 is 0 Å². The van der Waals surface area contributed by atoms with E-state index in [4.69, 9.17) is 0 Å². The van der Waals surface area contributed by atoms with Crippen LogP contribution < -0.4 is 5.43 Å². The predicted octanol–water partition coefficient (Wildman–Crippen LogP) is 1.38. The van der Waals surface area contributed by atoms with Crippen molar-refractivity contribution in [1.82, 2.24) is 19.9 Å². The Bertz CT molecular complexity index is 721. The van der Waals surface area contributed by atoms with Gasteiger partial charge in [0.2, 0.25) is 0 Å². The average molecular weight is 224 g/mol. The Morgan fingerprint density at radius 2 is 2.12 bits per heavy atom. The highest BCUT2D eigenvalue weighted by Crippen LogP contribution is 2.13. The monoisotopic (exact) mass is 224 g/mol. The molecule has 0 aromatic carbocycles. The zero-order valence-electron chi connectivity index (χ0n) is 8.79. The molecule has 0 saturated carbocycles. The third-order valence-electron chi connectivity index (χ3n) is 2.43. The summed E-state index contributed by atoms with van der Waals surface area (Å²) in [5.41, 5.74) is 1.27. The first-order chi connectivity index (χ1) is 8.34. The lowest BCUT2D eigenvalue weighted by Gasteiger charge is -2.00. The Morgan fingerprint density at radius 3 is 2.94 bits per heavy atom. The molecule has 0 amide bonds. The molecule has 0 spiro atoms. The molecule has 0 radical (unpaired) electrons. The summed E-state index contributed by atoms with van der Waals surface area (Å²) in [5, 5.41) is 0.486. The van der Waals surface area contributed by atoms with Crippen molar-refractivity contribution in [2.24, 2.45) is 0 Å². The molecule has 0 saturated heterocycles. The lowest BCUT2D eigenvalue weighted by atomic mass is 10.2. The van der Waals surface area contributed by atoms with E-state index in [9.17, 15) is 4.79 Å². The molecule has 5 heteroatoms. The highest BCUT2D eigenvalue weighted by Gasteiger charge is 2.04. The van der Waals surface area contributed by atoms with Crippen molar-refractivity contribution in [2.45, 2.75) is 0 Å². The first-order valence-electron chi connectivity index (χ1n) is 5.09. The quantitative estimate of drug-likeness (QED) is 0.677. The van der Waals surface area contributed by atoms with Crippen LogP contribution in [0.3, 0.4) is 0 Å². The molecule has 3 rings (SSSR count). The van der Waals surface area contributed by atoms with Crippen molar-refractivity contribution in [1.29, 1.82) is 0 Å². The molecular weight excluding hydrogens is 216 g/mol. The first-order valence-corrected chi connectivity index (χ1v) is 5.09. The molecule has 0 fully saturated rings. The van der Waals surface area contributed by atoms with Crippen molar-refractivity contribution in [3.05, 3.63) is 53.2 Å². The van der Waals surface area contributed by atoms with Crippen LogP contribution in [0.5, 0.6) is 0 Å². The summed E-state index contributed by atoms with van der Waals surface area (Å²) >= 11 is 0. The predicted molar refractivity (Wildman–Crippen MR) is 63.4 cm³/mol. The second-order valence-electron chi connectivity index (χ2n) is 3.54. The molecule has 3 heterocycles. The van der Waals surface area contributed by atoms with E-state index < -0.39 is 0 Å². The fourth-order valence-electron chi connectivity index (χ4n) is 1.59. The van der Waals surface area contributed by atoms with E-state index in [-0.39, 0.29) is 5.43 Å². The number of nitrogens with one attached hydrogen (secondary N) is 1. The number of rotatable bonds is 1. The van der Waals surface area contributed by atoms with Crippen LogP contribution >= 0.6 is 0 Å². The average Bonchev–Trinajstić information content (AvgIpc) is 2.40. The Labute approximate surface area is 96.2 Å². The van der Waals surface area contributed by atoms with Gasteiger partial charge in [-0.25, -0.2) is 9.97 Å². The Morgan fingerprint density at radius 1 is 1.18 bits per heavy atom. The van der Waals surface area contributed by atoms with Crippen molar-refractivity contribution < 1.29 is 0 Å². The third kappa shape index (κ3) is 1.67. The van der Waals surface area contributed by atoms with E-state index in [2.05, 4.69) is 19.9 Å². The Kier molecular flexibility index (Phi) is 2.15. The fourth-order valence-corrected chi connectivity index (χ4v) is 1.59. The highest BCUT2D eigenvalue weighted by molar-refractivity contribution is 5.75. The molecule has 1 N–H and O–H groups in total. The number of fused-ring (bicyclic) bond motifs is 1. The second-order valence-corrected chi connectivity index (χ2v) is 3.54. The molecule has 0 atom stereocenters. The summed E-state index contributed by atoms with van der Waals surface area (Å²) in [6.07, 6.45) is 6.48. The number of aromatic amines is 1. The van der Waals surface area contributed by atoms with Gasteiger partial charge in [-0.1, -0.05) is 0 Å². The molecule has 82 valence electrons. The molecule has 0 bridgehead atoms. The van der Waals surface area contributed by atoms with Gasteiger partial charge in [0.25, 0.3) is 0 Å². The zero-order chi connectivity index (χ0) is 11.7. The second kappa shape index (κ2) is 3.79. The van der Waals surface area contributed by atoms with Crippen molar-refractivity contribution in [3.63, 3.8) is 0 Å². The standard InChI is InChI=1S/C12H8N4O/c17-10-3-5-14-12-9(10)7-15-11(16-12)8-2-1-4-13-6-8/h1-7H,(H,14,15,16,17). The fraction of sp³-hybridized carbons (Fsp3) is 0. The number of pyridine rings is 2. The largest absolute Gasteiger partial charge is 0.346 e. The topological polar surface area (TPSA) is 71.5 Å². The van der Waals surface area contributed by atoms with Crippen LogP contribution in [0.25, 0.3) is 22.4 Å². The van der Waals surface area contributed by atoms with Gasteiger partial charge in [0.05, 0.1) is 5.39 Å². The Balaban J connectivity index is 2.25. The first kappa shape index (κ1) is 9.65. The summed E-state index contributed by atoms with van der Waals surface area (Å²) < 4.78 is 0. The smallest absolute Gasteiger partial charge is 0.192 e. The van der Waals surface area contributed by atoms with Gasteiger partial charge in [-0.2, -0.15) is 0 Å². The lowest BCUT2D eigenvalue weighted by molar-refractivity contribution is 1.17. The zero-order valence-corrected chi connectivity index (χ0v) is 8.79. The van der Waals surface area contributed by atoms with E-state index in [0.29, 0.717) is 16.9 Å². The maximum atomic E-state index is 11.5. The summed E-state index contributed by atoms with van der Waals surface area (Å²) in [7, 11) is 0. The molecule has 5 nitrogen and oxygen atoms in total. The molecule has 0 aliphatic heterocycles. The minimum atomic E-state index is -0.0866. The third-order valence-corrected chi connectivity index (χ3v) is 2.43.